The Bertz CT molecular complexity index is 336. The Labute approximate surface area is 124 Å². The van der Waals surface area contributed by atoms with Crippen molar-refractivity contribution in [2.75, 3.05) is 26.7 Å². The molecule has 0 aromatic rings. The number of nitrogens with one attached hydrogen (secondary N) is 1. The largest absolute Gasteiger partial charge is 0.309 e. The number of fused-ring (bicyclic) bond motifs is 2. The maximum absolute atomic E-state index is 3.87. The number of piperazine rings is 1. The van der Waals surface area contributed by atoms with Gasteiger partial charge in [-0.15, -0.1) is 0 Å². The maximum Gasteiger partial charge on any atom is 0.0309 e. The number of rotatable bonds is 1. The molecule has 0 radical (unpaired) electrons. The molecule has 3 saturated heterocycles. The van der Waals surface area contributed by atoms with Gasteiger partial charge in [-0.05, 0) is 45.6 Å². The zero-order valence-electron chi connectivity index (χ0n) is 13.1. The third-order valence-electron chi connectivity index (χ3n) is 6.80. The van der Waals surface area contributed by atoms with Crippen molar-refractivity contribution in [2.45, 2.75) is 81.5 Å². The van der Waals surface area contributed by atoms with Crippen LogP contribution in [0.15, 0.2) is 0 Å². The minimum Gasteiger partial charge on any atom is -0.309 e. The van der Waals surface area contributed by atoms with Crippen LogP contribution < -0.4 is 5.32 Å². The van der Waals surface area contributed by atoms with Crippen LogP contribution in [0.2, 0.25) is 0 Å². The zero-order chi connectivity index (χ0) is 13.6. The second kappa shape index (κ2) is 5.26. The van der Waals surface area contributed by atoms with Crippen molar-refractivity contribution in [2.24, 2.45) is 0 Å². The molecule has 3 heterocycles. The molecule has 1 N–H and O–H groups in total. The standard InChI is InChI=1S/C17H31N3/c1-19-14-5-4-6-15(19)12-16(11-14)20-10-9-18-17(13-20)7-2-3-8-17/h14-16,18H,2-13H2,1H3. The SMILES string of the molecule is CN1C2CCCC1CC(N1CCNC3(CCCC3)C1)C2. The van der Waals surface area contributed by atoms with E-state index in [9.17, 15) is 0 Å². The van der Waals surface area contributed by atoms with Crippen LogP contribution in [0.3, 0.4) is 0 Å². The summed E-state index contributed by atoms with van der Waals surface area (Å²) in [7, 11) is 2.38. The van der Waals surface area contributed by atoms with Crippen LogP contribution in [0.4, 0.5) is 0 Å². The molecule has 0 aromatic carbocycles. The molecule has 2 bridgehead atoms. The van der Waals surface area contributed by atoms with Crippen molar-refractivity contribution < 1.29 is 0 Å². The normalized spacial score (nSPS) is 42.1. The van der Waals surface area contributed by atoms with Gasteiger partial charge in [0.25, 0.3) is 0 Å². The van der Waals surface area contributed by atoms with Gasteiger partial charge in [0.2, 0.25) is 0 Å². The average molecular weight is 277 g/mol. The summed E-state index contributed by atoms with van der Waals surface area (Å²) in [6.07, 6.45) is 13.0. The lowest BCUT2D eigenvalue weighted by molar-refractivity contribution is -0.00944. The van der Waals surface area contributed by atoms with Crippen molar-refractivity contribution in [3.05, 3.63) is 0 Å². The number of hydrogen-bond donors (Lipinski definition) is 1. The summed E-state index contributed by atoms with van der Waals surface area (Å²) in [4.78, 5) is 5.58. The third-order valence-corrected chi connectivity index (χ3v) is 6.80. The molecule has 2 unspecified atom stereocenters. The Morgan fingerprint density at radius 2 is 1.65 bits per heavy atom. The van der Waals surface area contributed by atoms with Gasteiger partial charge in [0.1, 0.15) is 0 Å². The fraction of sp³-hybridized carbons (Fsp3) is 1.00. The number of hydrogen-bond acceptors (Lipinski definition) is 3. The van der Waals surface area contributed by atoms with Gasteiger partial charge in [0.15, 0.2) is 0 Å². The number of piperidine rings is 2. The van der Waals surface area contributed by atoms with E-state index in [2.05, 4.69) is 22.2 Å². The molecule has 4 aliphatic rings. The predicted octanol–water partition coefficient (Wildman–Crippen LogP) is 2.22. The smallest absolute Gasteiger partial charge is 0.0309 e. The van der Waals surface area contributed by atoms with E-state index >= 15 is 0 Å². The quantitative estimate of drug-likeness (QED) is 0.793. The summed E-state index contributed by atoms with van der Waals surface area (Å²) >= 11 is 0. The summed E-state index contributed by atoms with van der Waals surface area (Å²) in [5.41, 5.74) is 0.497. The van der Waals surface area contributed by atoms with E-state index in [1.54, 1.807) is 0 Å². The molecular formula is C17H31N3. The van der Waals surface area contributed by atoms with Crippen molar-refractivity contribution in [1.29, 1.82) is 0 Å². The lowest BCUT2D eigenvalue weighted by Gasteiger charge is -2.52. The fourth-order valence-corrected chi connectivity index (χ4v) is 5.57. The Balaban J connectivity index is 1.45. The van der Waals surface area contributed by atoms with Crippen molar-refractivity contribution in [1.82, 2.24) is 15.1 Å². The third kappa shape index (κ3) is 2.32. The predicted molar refractivity (Wildman–Crippen MR) is 83.0 cm³/mol. The molecule has 114 valence electrons. The minimum absolute atomic E-state index is 0.497. The van der Waals surface area contributed by atoms with E-state index in [4.69, 9.17) is 0 Å². The van der Waals surface area contributed by atoms with Crippen LogP contribution in [0.5, 0.6) is 0 Å². The molecule has 1 aliphatic carbocycles. The molecule has 1 spiro atoms. The first-order valence-electron chi connectivity index (χ1n) is 8.97. The summed E-state index contributed by atoms with van der Waals surface area (Å²) in [6, 6.07) is 2.63. The van der Waals surface area contributed by atoms with E-state index in [0.29, 0.717) is 5.54 Å². The van der Waals surface area contributed by atoms with Gasteiger partial charge < -0.3 is 10.2 Å². The lowest BCUT2D eigenvalue weighted by atomic mass is 9.80. The first kappa shape index (κ1) is 13.5. The van der Waals surface area contributed by atoms with Gasteiger partial charge in [-0.1, -0.05) is 19.3 Å². The van der Waals surface area contributed by atoms with Gasteiger partial charge >= 0.3 is 0 Å². The monoisotopic (exact) mass is 277 g/mol. The molecule has 3 heteroatoms. The first-order valence-corrected chi connectivity index (χ1v) is 8.97. The molecular weight excluding hydrogens is 246 g/mol. The number of nitrogens with zero attached hydrogens (tertiary/aromatic N) is 2. The van der Waals surface area contributed by atoms with E-state index in [1.165, 1.54) is 77.4 Å². The molecule has 20 heavy (non-hydrogen) atoms. The Morgan fingerprint density at radius 3 is 2.35 bits per heavy atom. The molecule has 3 aliphatic heterocycles. The minimum atomic E-state index is 0.497. The highest BCUT2D eigenvalue weighted by Crippen LogP contribution is 2.38. The average Bonchev–Trinajstić information content (AvgIpc) is 2.86. The summed E-state index contributed by atoms with van der Waals surface area (Å²) < 4.78 is 0. The summed E-state index contributed by atoms with van der Waals surface area (Å²) in [6.45, 7) is 3.85. The Kier molecular flexibility index (Phi) is 3.56. The summed E-state index contributed by atoms with van der Waals surface area (Å²) in [5.74, 6) is 0. The molecule has 1 saturated carbocycles. The van der Waals surface area contributed by atoms with Crippen LogP contribution in [-0.4, -0.2) is 60.1 Å². The van der Waals surface area contributed by atoms with Gasteiger partial charge in [0.05, 0.1) is 0 Å². The molecule has 3 nitrogen and oxygen atoms in total. The van der Waals surface area contributed by atoms with Crippen LogP contribution in [0.1, 0.15) is 57.8 Å². The van der Waals surface area contributed by atoms with Crippen LogP contribution >= 0.6 is 0 Å². The van der Waals surface area contributed by atoms with Crippen molar-refractivity contribution in [3.8, 4) is 0 Å². The van der Waals surface area contributed by atoms with Gasteiger partial charge in [0, 0.05) is 43.3 Å². The maximum atomic E-state index is 3.87. The van der Waals surface area contributed by atoms with Crippen LogP contribution in [-0.2, 0) is 0 Å². The highest BCUT2D eigenvalue weighted by atomic mass is 15.3. The molecule has 0 amide bonds. The highest BCUT2D eigenvalue weighted by molar-refractivity contribution is 5.02. The molecule has 4 rings (SSSR count). The lowest BCUT2D eigenvalue weighted by Crippen LogP contribution is -2.64. The van der Waals surface area contributed by atoms with Crippen molar-refractivity contribution >= 4 is 0 Å². The van der Waals surface area contributed by atoms with E-state index in [-0.39, 0.29) is 0 Å². The van der Waals surface area contributed by atoms with Crippen molar-refractivity contribution in [3.63, 3.8) is 0 Å². The van der Waals surface area contributed by atoms with Gasteiger partial charge in [-0.2, -0.15) is 0 Å². The Morgan fingerprint density at radius 1 is 0.950 bits per heavy atom. The fourth-order valence-electron chi connectivity index (χ4n) is 5.57. The second-order valence-electron chi connectivity index (χ2n) is 7.91. The molecule has 2 atom stereocenters. The highest BCUT2D eigenvalue weighted by Gasteiger charge is 2.43. The van der Waals surface area contributed by atoms with E-state index < -0.39 is 0 Å². The van der Waals surface area contributed by atoms with Crippen LogP contribution in [0, 0.1) is 0 Å². The van der Waals surface area contributed by atoms with Gasteiger partial charge in [-0.3, -0.25) is 4.90 Å². The molecule has 4 fully saturated rings. The topological polar surface area (TPSA) is 18.5 Å². The first-order chi connectivity index (χ1) is 9.76. The summed E-state index contributed by atoms with van der Waals surface area (Å²) in [5, 5.41) is 3.87. The van der Waals surface area contributed by atoms with E-state index in [1.807, 2.05) is 0 Å². The van der Waals surface area contributed by atoms with Crippen LogP contribution in [0.25, 0.3) is 0 Å². The Hall–Kier alpha value is -0.120. The van der Waals surface area contributed by atoms with E-state index in [0.717, 1.165) is 18.1 Å². The second-order valence-corrected chi connectivity index (χ2v) is 7.91. The zero-order valence-corrected chi connectivity index (χ0v) is 13.1. The van der Waals surface area contributed by atoms with Gasteiger partial charge in [-0.25, -0.2) is 0 Å². The molecule has 0 aromatic heterocycles.